The van der Waals surface area contributed by atoms with E-state index in [9.17, 15) is 9.90 Å². The summed E-state index contributed by atoms with van der Waals surface area (Å²) in [4.78, 5) is 20.9. The SMILES string of the molecule is O=C(Nc1nccc2nc(C3(O)CCCCC3)sc12)C1CC1. The molecular weight excluding hydrogens is 298 g/mol. The van der Waals surface area contributed by atoms with Crippen LogP contribution in [0, 0.1) is 5.92 Å². The van der Waals surface area contributed by atoms with Crippen LogP contribution in [0.25, 0.3) is 10.2 Å². The molecule has 0 saturated heterocycles. The van der Waals surface area contributed by atoms with Gasteiger partial charge in [-0.3, -0.25) is 4.79 Å². The van der Waals surface area contributed by atoms with Crippen molar-refractivity contribution in [1.29, 1.82) is 0 Å². The van der Waals surface area contributed by atoms with Crippen LogP contribution in [0.1, 0.15) is 50.0 Å². The van der Waals surface area contributed by atoms with Gasteiger partial charge in [0, 0.05) is 12.1 Å². The third kappa shape index (κ3) is 2.50. The number of amides is 1. The monoisotopic (exact) mass is 317 g/mol. The van der Waals surface area contributed by atoms with E-state index in [1.165, 1.54) is 17.8 Å². The van der Waals surface area contributed by atoms with Crippen LogP contribution in [0.4, 0.5) is 5.82 Å². The zero-order valence-electron chi connectivity index (χ0n) is 12.3. The van der Waals surface area contributed by atoms with E-state index in [-0.39, 0.29) is 11.8 Å². The molecule has 0 bridgehead atoms. The highest BCUT2D eigenvalue weighted by Gasteiger charge is 2.35. The minimum Gasteiger partial charge on any atom is -0.383 e. The lowest BCUT2D eigenvalue weighted by molar-refractivity contribution is -0.117. The number of hydrogen-bond acceptors (Lipinski definition) is 5. The number of carbonyl (C=O) groups is 1. The molecule has 0 atom stereocenters. The van der Waals surface area contributed by atoms with Crippen molar-refractivity contribution in [2.45, 2.75) is 50.5 Å². The molecule has 0 aromatic carbocycles. The van der Waals surface area contributed by atoms with E-state index >= 15 is 0 Å². The number of rotatable bonds is 3. The third-order valence-electron chi connectivity index (χ3n) is 4.57. The average Bonchev–Trinajstić information content (AvgIpc) is 3.27. The van der Waals surface area contributed by atoms with Crippen molar-refractivity contribution in [2.75, 3.05) is 5.32 Å². The summed E-state index contributed by atoms with van der Waals surface area (Å²) in [6.07, 6.45) is 8.39. The first kappa shape index (κ1) is 14.1. The summed E-state index contributed by atoms with van der Waals surface area (Å²) in [5, 5.41) is 14.5. The van der Waals surface area contributed by atoms with Gasteiger partial charge in [0.2, 0.25) is 5.91 Å². The van der Waals surface area contributed by atoms with Gasteiger partial charge in [-0.15, -0.1) is 11.3 Å². The molecule has 2 aliphatic carbocycles. The van der Waals surface area contributed by atoms with Crippen molar-refractivity contribution in [3.63, 3.8) is 0 Å². The highest BCUT2D eigenvalue weighted by molar-refractivity contribution is 7.19. The minimum atomic E-state index is -0.806. The fourth-order valence-corrected chi connectivity index (χ4v) is 4.21. The highest BCUT2D eigenvalue weighted by atomic mass is 32.1. The highest BCUT2D eigenvalue weighted by Crippen LogP contribution is 2.41. The van der Waals surface area contributed by atoms with Gasteiger partial charge in [0.15, 0.2) is 5.82 Å². The van der Waals surface area contributed by atoms with Crippen LogP contribution in [-0.2, 0) is 10.4 Å². The van der Waals surface area contributed by atoms with Gasteiger partial charge in [-0.1, -0.05) is 19.3 Å². The molecule has 5 nitrogen and oxygen atoms in total. The smallest absolute Gasteiger partial charge is 0.228 e. The lowest BCUT2D eigenvalue weighted by atomic mass is 9.85. The first-order chi connectivity index (χ1) is 10.7. The molecule has 0 radical (unpaired) electrons. The molecule has 0 aliphatic heterocycles. The van der Waals surface area contributed by atoms with Crippen LogP contribution in [0.15, 0.2) is 12.3 Å². The Bertz CT molecular complexity index is 717. The maximum absolute atomic E-state index is 12.0. The van der Waals surface area contributed by atoms with Gasteiger partial charge in [0.25, 0.3) is 0 Å². The number of hydrogen-bond donors (Lipinski definition) is 2. The standard InChI is InChI=1S/C16H19N3O2S/c20-14(10-4-5-10)19-13-12-11(6-9-17-13)18-15(22-12)16(21)7-2-1-3-8-16/h6,9-10,21H,1-5,7-8H2,(H,17,19,20). The summed E-state index contributed by atoms with van der Waals surface area (Å²) >= 11 is 1.47. The number of aliphatic hydroxyl groups is 1. The molecule has 2 aromatic rings. The topological polar surface area (TPSA) is 75.1 Å². The fourth-order valence-electron chi connectivity index (χ4n) is 3.06. The van der Waals surface area contributed by atoms with Crippen molar-refractivity contribution in [3.8, 4) is 0 Å². The number of nitrogens with zero attached hydrogens (tertiary/aromatic N) is 2. The van der Waals surface area contributed by atoms with E-state index in [1.54, 1.807) is 6.20 Å². The zero-order valence-corrected chi connectivity index (χ0v) is 13.2. The maximum atomic E-state index is 12.0. The van der Waals surface area contributed by atoms with Gasteiger partial charge in [0.05, 0.1) is 10.2 Å². The molecule has 2 aliphatic rings. The molecule has 0 unspecified atom stereocenters. The van der Waals surface area contributed by atoms with E-state index < -0.39 is 5.60 Å². The molecule has 2 heterocycles. The van der Waals surface area contributed by atoms with Crippen LogP contribution >= 0.6 is 11.3 Å². The Morgan fingerprint density at radius 2 is 2.09 bits per heavy atom. The molecule has 2 saturated carbocycles. The molecule has 22 heavy (non-hydrogen) atoms. The van der Waals surface area contributed by atoms with E-state index in [2.05, 4.69) is 15.3 Å². The maximum Gasteiger partial charge on any atom is 0.228 e. The predicted octanol–water partition coefficient (Wildman–Crippen LogP) is 3.19. The molecule has 116 valence electrons. The Labute approximate surface area is 132 Å². The van der Waals surface area contributed by atoms with Gasteiger partial charge in [-0.05, 0) is 31.7 Å². The lowest BCUT2D eigenvalue weighted by Gasteiger charge is -2.29. The third-order valence-corrected chi connectivity index (χ3v) is 5.84. The number of pyridine rings is 1. The van der Waals surface area contributed by atoms with Crippen LogP contribution in [0.5, 0.6) is 0 Å². The van der Waals surface area contributed by atoms with Crippen LogP contribution < -0.4 is 5.32 Å². The summed E-state index contributed by atoms with van der Waals surface area (Å²) < 4.78 is 0.866. The minimum absolute atomic E-state index is 0.0475. The van der Waals surface area contributed by atoms with Crippen LogP contribution in [0.2, 0.25) is 0 Å². The van der Waals surface area contributed by atoms with Crippen molar-refractivity contribution < 1.29 is 9.90 Å². The molecule has 1 amide bonds. The number of aromatic nitrogens is 2. The van der Waals surface area contributed by atoms with E-state index in [0.29, 0.717) is 5.82 Å². The summed E-state index contributed by atoms with van der Waals surface area (Å²) in [6.45, 7) is 0. The summed E-state index contributed by atoms with van der Waals surface area (Å²) in [7, 11) is 0. The summed E-state index contributed by atoms with van der Waals surface area (Å²) in [5.41, 5.74) is -0.000201. The second-order valence-corrected chi connectivity index (χ2v) is 7.38. The number of fused-ring (bicyclic) bond motifs is 1. The molecule has 6 heteroatoms. The number of thiazole rings is 1. The molecule has 4 rings (SSSR count). The molecular formula is C16H19N3O2S. The Balaban J connectivity index is 1.69. The van der Waals surface area contributed by atoms with Crippen molar-refractivity contribution >= 4 is 33.3 Å². The quantitative estimate of drug-likeness (QED) is 0.911. The molecule has 2 fully saturated rings. The number of nitrogens with one attached hydrogen (secondary N) is 1. The number of carbonyl (C=O) groups excluding carboxylic acids is 1. The largest absolute Gasteiger partial charge is 0.383 e. The molecule has 2 aromatic heterocycles. The van der Waals surface area contributed by atoms with Crippen molar-refractivity contribution in [1.82, 2.24) is 9.97 Å². The van der Waals surface area contributed by atoms with E-state index in [4.69, 9.17) is 0 Å². The molecule has 2 N–H and O–H groups in total. The van der Waals surface area contributed by atoms with E-state index in [0.717, 1.165) is 53.7 Å². The Kier molecular flexibility index (Phi) is 3.38. The zero-order chi connectivity index (χ0) is 15.2. The van der Waals surface area contributed by atoms with Crippen molar-refractivity contribution in [3.05, 3.63) is 17.3 Å². The van der Waals surface area contributed by atoms with Gasteiger partial charge >= 0.3 is 0 Å². The Morgan fingerprint density at radius 1 is 1.32 bits per heavy atom. The van der Waals surface area contributed by atoms with Crippen LogP contribution in [0.3, 0.4) is 0 Å². The van der Waals surface area contributed by atoms with E-state index in [1.807, 2.05) is 6.07 Å². The fraction of sp³-hybridized carbons (Fsp3) is 0.562. The van der Waals surface area contributed by atoms with Crippen molar-refractivity contribution in [2.24, 2.45) is 5.92 Å². The average molecular weight is 317 g/mol. The Hall–Kier alpha value is -1.53. The second kappa shape index (κ2) is 5.28. The number of anilines is 1. The van der Waals surface area contributed by atoms with Gasteiger partial charge < -0.3 is 10.4 Å². The molecule has 0 spiro atoms. The summed E-state index contributed by atoms with van der Waals surface area (Å²) in [5.74, 6) is 0.774. The Morgan fingerprint density at radius 3 is 2.82 bits per heavy atom. The normalized spacial score (nSPS) is 21.0. The second-order valence-electron chi connectivity index (χ2n) is 6.38. The van der Waals surface area contributed by atoms with Crippen LogP contribution in [-0.4, -0.2) is 21.0 Å². The summed E-state index contributed by atoms with van der Waals surface area (Å²) in [6, 6.07) is 1.84. The van der Waals surface area contributed by atoms with Gasteiger partial charge in [0.1, 0.15) is 10.6 Å². The van der Waals surface area contributed by atoms with Gasteiger partial charge in [-0.25, -0.2) is 9.97 Å². The predicted molar refractivity (Wildman–Crippen MR) is 85.8 cm³/mol. The first-order valence-electron chi connectivity index (χ1n) is 7.95. The van der Waals surface area contributed by atoms with Gasteiger partial charge in [-0.2, -0.15) is 0 Å². The first-order valence-corrected chi connectivity index (χ1v) is 8.77. The lowest BCUT2D eigenvalue weighted by Crippen LogP contribution is -2.28.